The summed E-state index contributed by atoms with van der Waals surface area (Å²) in [5.74, 6) is -1.58. The van der Waals surface area contributed by atoms with Crippen LogP contribution in [0.15, 0.2) is 18.2 Å². The molecular formula is C16H21FN2O2. The SMILES string of the molecule is CN1C2CCCC1CC(Nc1c(F)cccc1C(=O)O)C2. The molecule has 3 rings (SSSR count). The number of fused-ring (bicyclic) bond motifs is 2. The van der Waals surface area contributed by atoms with E-state index < -0.39 is 11.8 Å². The number of para-hydroxylation sites is 1. The van der Waals surface area contributed by atoms with Gasteiger partial charge >= 0.3 is 5.97 Å². The van der Waals surface area contributed by atoms with Crippen LogP contribution in [-0.2, 0) is 0 Å². The molecule has 2 bridgehead atoms. The zero-order chi connectivity index (χ0) is 15.0. The number of anilines is 1. The predicted molar refractivity (Wildman–Crippen MR) is 79.2 cm³/mol. The second kappa shape index (κ2) is 5.64. The normalized spacial score (nSPS) is 29.1. The Morgan fingerprint density at radius 3 is 2.62 bits per heavy atom. The zero-order valence-electron chi connectivity index (χ0n) is 12.2. The molecule has 2 aliphatic rings. The Morgan fingerprint density at radius 2 is 2.00 bits per heavy atom. The van der Waals surface area contributed by atoms with E-state index in [9.17, 15) is 14.3 Å². The maximum Gasteiger partial charge on any atom is 0.337 e. The van der Waals surface area contributed by atoms with Crippen LogP contribution in [0.1, 0.15) is 42.5 Å². The van der Waals surface area contributed by atoms with Crippen molar-refractivity contribution in [1.82, 2.24) is 4.90 Å². The maximum atomic E-state index is 14.0. The van der Waals surface area contributed by atoms with Crippen LogP contribution in [0.2, 0.25) is 0 Å². The highest BCUT2D eigenvalue weighted by atomic mass is 19.1. The summed E-state index contributed by atoms with van der Waals surface area (Å²) in [6.45, 7) is 0. The molecule has 2 saturated heterocycles. The molecule has 0 radical (unpaired) electrons. The number of rotatable bonds is 3. The molecule has 0 aromatic heterocycles. The summed E-state index contributed by atoms with van der Waals surface area (Å²) in [6, 6.07) is 5.39. The van der Waals surface area contributed by atoms with Gasteiger partial charge in [0.05, 0.1) is 11.3 Å². The number of nitrogens with zero attached hydrogens (tertiary/aromatic N) is 1. The minimum Gasteiger partial charge on any atom is -0.478 e. The van der Waals surface area contributed by atoms with Crippen molar-refractivity contribution < 1.29 is 14.3 Å². The molecule has 0 amide bonds. The second-order valence-corrected chi connectivity index (χ2v) is 6.18. The second-order valence-electron chi connectivity index (χ2n) is 6.18. The average Bonchev–Trinajstić information content (AvgIpc) is 2.41. The lowest BCUT2D eigenvalue weighted by Gasteiger charge is -2.47. The molecule has 2 unspecified atom stereocenters. The van der Waals surface area contributed by atoms with E-state index in [1.807, 2.05) is 0 Å². The third-order valence-electron chi connectivity index (χ3n) is 4.93. The minimum absolute atomic E-state index is 0.0130. The molecule has 1 aromatic carbocycles. The highest BCUT2D eigenvalue weighted by molar-refractivity contribution is 5.94. The first-order chi connectivity index (χ1) is 10.1. The largest absolute Gasteiger partial charge is 0.478 e. The van der Waals surface area contributed by atoms with Gasteiger partial charge in [0.2, 0.25) is 0 Å². The van der Waals surface area contributed by atoms with Gasteiger partial charge in [-0.2, -0.15) is 0 Å². The van der Waals surface area contributed by atoms with Crippen LogP contribution in [-0.4, -0.2) is 41.1 Å². The highest BCUT2D eigenvalue weighted by Crippen LogP contribution is 2.34. The highest BCUT2D eigenvalue weighted by Gasteiger charge is 2.36. The molecule has 2 heterocycles. The Kier molecular flexibility index (Phi) is 3.85. The van der Waals surface area contributed by atoms with Gasteiger partial charge in [-0.3, -0.25) is 0 Å². The van der Waals surface area contributed by atoms with E-state index in [0.717, 1.165) is 12.8 Å². The molecule has 2 N–H and O–H groups in total. The Bertz CT molecular complexity index is 535. The molecule has 4 nitrogen and oxygen atoms in total. The van der Waals surface area contributed by atoms with Crippen LogP contribution in [0, 0.1) is 5.82 Å². The third-order valence-corrected chi connectivity index (χ3v) is 4.93. The standard InChI is InChI=1S/C16H21FN2O2/c1-19-11-4-2-5-12(19)9-10(8-11)18-15-13(16(20)21)6-3-7-14(15)17/h3,6-7,10-12,18H,2,4-5,8-9H2,1H3,(H,20,21). The number of carbonyl (C=O) groups is 1. The van der Waals surface area contributed by atoms with E-state index >= 15 is 0 Å². The van der Waals surface area contributed by atoms with Crippen molar-refractivity contribution in [3.8, 4) is 0 Å². The Balaban J connectivity index is 1.80. The molecule has 1 aromatic rings. The molecule has 5 heteroatoms. The van der Waals surface area contributed by atoms with E-state index in [4.69, 9.17) is 0 Å². The Hall–Kier alpha value is -1.62. The van der Waals surface area contributed by atoms with Crippen LogP contribution in [0.4, 0.5) is 10.1 Å². The molecule has 0 spiro atoms. The van der Waals surface area contributed by atoms with Gasteiger partial charge in [-0.1, -0.05) is 12.5 Å². The van der Waals surface area contributed by atoms with Crippen molar-refractivity contribution in [2.45, 2.75) is 50.2 Å². The smallest absolute Gasteiger partial charge is 0.337 e. The Labute approximate surface area is 124 Å². The molecule has 114 valence electrons. The number of piperidine rings is 2. The lowest BCUT2D eigenvalue weighted by molar-refractivity contribution is 0.0607. The van der Waals surface area contributed by atoms with Crippen LogP contribution < -0.4 is 5.32 Å². The van der Waals surface area contributed by atoms with Crippen molar-refractivity contribution in [2.75, 3.05) is 12.4 Å². The quantitative estimate of drug-likeness (QED) is 0.899. The Morgan fingerprint density at radius 1 is 1.33 bits per heavy atom. The van der Waals surface area contributed by atoms with E-state index in [1.165, 1.54) is 37.5 Å². The number of nitrogens with one attached hydrogen (secondary N) is 1. The van der Waals surface area contributed by atoms with Gasteiger partial charge in [-0.25, -0.2) is 9.18 Å². The van der Waals surface area contributed by atoms with E-state index in [0.29, 0.717) is 12.1 Å². The fraction of sp³-hybridized carbons (Fsp3) is 0.562. The van der Waals surface area contributed by atoms with Gasteiger partial charge in [0.15, 0.2) is 0 Å². The van der Waals surface area contributed by atoms with Gasteiger partial charge < -0.3 is 15.3 Å². The summed E-state index contributed by atoms with van der Waals surface area (Å²) in [7, 11) is 2.16. The first-order valence-electron chi connectivity index (χ1n) is 7.56. The average molecular weight is 292 g/mol. The van der Waals surface area contributed by atoms with Crippen LogP contribution in [0.5, 0.6) is 0 Å². The molecule has 21 heavy (non-hydrogen) atoms. The number of halogens is 1. The lowest BCUT2D eigenvalue weighted by atomic mass is 9.82. The molecule has 0 aliphatic carbocycles. The van der Waals surface area contributed by atoms with E-state index in [2.05, 4.69) is 17.3 Å². The number of carboxylic acid groups (broad SMARTS) is 1. The number of hydrogen-bond acceptors (Lipinski definition) is 3. The van der Waals surface area contributed by atoms with Crippen LogP contribution >= 0.6 is 0 Å². The number of carboxylic acids is 1. The van der Waals surface area contributed by atoms with Gasteiger partial charge in [-0.05, 0) is 44.9 Å². The van der Waals surface area contributed by atoms with Gasteiger partial charge in [0, 0.05) is 18.1 Å². The summed E-state index contributed by atoms with van der Waals surface area (Å²) < 4.78 is 14.0. The number of benzene rings is 1. The van der Waals surface area contributed by atoms with Crippen molar-refractivity contribution >= 4 is 11.7 Å². The fourth-order valence-corrected chi connectivity index (χ4v) is 3.79. The molecule has 2 fully saturated rings. The zero-order valence-corrected chi connectivity index (χ0v) is 12.2. The molecule has 2 aliphatic heterocycles. The summed E-state index contributed by atoms with van der Waals surface area (Å²) in [5.41, 5.74) is 0.150. The molecular weight excluding hydrogens is 271 g/mol. The van der Waals surface area contributed by atoms with E-state index in [-0.39, 0.29) is 17.3 Å². The van der Waals surface area contributed by atoms with Gasteiger partial charge in [0.1, 0.15) is 5.82 Å². The summed E-state index contributed by atoms with van der Waals surface area (Å²) in [5, 5.41) is 12.4. The first-order valence-corrected chi connectivity index (χ1v) is 7.56. The van der Waals surface area contributed by atoms with E-state index in [1.54, 1.807) is 0 Å². The minimum atomic E-state index is -1.09. The fourth-order valence-electron chi connectivity index (χ4n) is 3.79. The van der Waals surface area contributed by atoms with Crippen molar-refractivity contribution in [3.05, 3.63) is 29.6 Å². The summed E-state index contributed by atoms with van der Waals surface area (Å²) >= 11 is 0. The van der Waals surface area contributed by atoms with Gasteiger partial charge in [0.25, 0.3) is 0 Å². The third kappa shape index (κ3) is 2.75. The van der Waals surface area contributed by atoms with Crippen LogP contribution in [0.25, 0.3) is 0 Å². The number of aromatic carboxylic acids is 1. The molecule has 0 saturated carbocycles. The number of hydrogen-bond donors (Lipinski definition) is 2. The first kappa shape index (κ1) is 14.3. The summed E-state index contributed by atoms with van der Waals surface area (Å²) in [4.78, 5) is 13.7. The monoisotopic (exact) mass is 292 g/mol. The maximum absolute atomic E-state index is 14.0. The van der Waals surface area contributed by atoms with Crippen molar-refractivity contribution in [3.63, 3.8) is 0 Å². The summed E-state index contributed by atoms with van der Waals surface area (Å²) in [6.07, 6.45) is 5.50. The molecule has 2 atom stereocenters. The predicted octanol–water partition coefficient (Wildman–Crippen LogP) is 2.95. The van der Waals surface area contributed by atoms with Crippen molar-refractivity contribution in [2.24, 2.45) is 0 Å². The van der Waals surface area contributed by atoms with Crippen LogP contribution in [0.3, 0.4) is 0 Å². The van der Waals surface area contributed by atoms with Gasteiger partial charge in [-0.15, -0.1) is 0 Å². The van der Waals surface area contributed by atoms with Crippen molar-refractivity contribution in [1.29, 1.82) is 0 Å². The topological polar surface area (TPSA) is 52.6 Å². The lowest BCUT2D eigenvalue weighted by Crippen LogP contribution is -2.52.